The Hall–Kier alpha value is -3.42. The number of phenols is 1. The van der Waals surface area contributed by atoms with Gasteiger partial charge in [0.15, 0.2) is 0 Å². The minimum Gasteiger partial charge on any atom is -0.502 e. The van der Waals surface area contributed by atoms with Gasteiger partial charge in [0.2, 0.25) is 11.7 Å². The molecule has 0 unspecified atom stereocenters. The van der Waals surface area contributed by atoms with Gasteiger partial charge in [-0.05, 0) is 31.0 Å². The summed E-state index contributed by atoms with van der Waals surface area (Å²) in [5.74, 6) is -0.703. The van der Waals surface area contributed by atoms with Crippen LogP contribution in [0.25, 0.3) is 0 Å². The van der Waals surface area contributed by atoms with Crippen molar-refractivity contribution in [2.45, 2.75) is 20.3 Å². The fourth-order valence-corrected chi connectivity index (χ4v) is 2.40. The molecular weight excluding hydrogens is 338 g/mol. The van der Waals surface area contributed by atoms with E-state index in [0.717, 1.165) is 29.0 Å². The third-order valence-electron chi connectivity index (χ3n) is 3.77. The zero-order valence-electron chi connectivity index (χ0n) is 14.6. The standard InChI is InChI=1S/C18H19N3O5/c1-11-4-5-13(12(2)6-11)8-17(22)20-19-10-14-7-15(26-3)9-16(18(14)23)21(24)25/h4-7,9-10,23H,8H2,1-3H3,(H,20,22)/b19-10+. The molecule has 136 valence electrons. The van der Waals surface area contributed by atoms with E-state index in [9.17, 15) is 20.0 Å². The summed E-state index contributed by atoms with van der Waals surface area (Å²) < 4.78 is 4.97. The molecule has 0 spiro atoms. The van der Waals surface area contributed by atoms with Crippen molar-refractivity contribution in [2.24, 2.45) is 5.10 Å². The van der Waals surface area contributed by atoms with Crippen molar-refractivity contribution >= 4 is 17.8 Å². The van der Waals surface area contributed by atoms with Crippen LogP contribution < -0.4 is 10.2 Å². The molecule has 0 aliphatic carbocycles. The fourth-order valence-electron chi connectivity index (χ4n) is 2.40. The lowest BCUT2D eigenvalue weighted by atomic mass is 10.0. The molecule has 0 saturated carbocycles. The Bertz CT molecular complexity index is 877. The quantitative estimate of drug-likeness (QED) is 0.468. The number of rotatable bonds is 6. The van der Waals surface area contributed by atoms with Gasteiger partial charge in [-0.15, -0.1) is 0 Å². The zero-order chi connectivity index (χ0) is 19.3. The first-order valence-electron chi connectivity index (χ1n) is 7.75. The van der Waals surface area contributed by atoms with Crippen LogP contribution in [-0.2, 0) is 11.2 Å². The number of ether oxygens (including phenoxy) is 1. The Balaban J connectivity index is 2.11. The van der Waals surface area contributed by atoms with Gasteiger partial charge in [0, 0.05) is 5.56 Å². The summed E-state index contributed by atoms with van der Waals surface area (Å²) in [7, 11) is 1.35. The summed E-state index contributed by atoms with van der Waals surface area (Å²) in [4.78, 5) is 22.2. The van der Waals surface area contributed by atoms with Gasteiger partial charge in [-0.1, -0.05) is 23.8 Å². The van der Waals surface area contributed by atoms with E-state index in [1.165, 1.54) is 13.2 Å². The van der Waals surface area contributed by atoms with Crippen molar-refractivity contribution in [2.75, 3.05) is 7.11 Å². The summed E-state index contributed by atoms with van der Waals surface area (Å²) >= 11 is 0. The van der Waals surface area contributed by atoms with Crippen molar-refractivity contribution in [1.29, 1.82) is 0 Å². The number of methoxy groups -OCH3 is 1. The molecule has 2 rings (SSSR count). The van der Waals surface area contributed by atoms with Gasteiger partial charge >= 0.3 is 5.69 Å². The second kappa shape index (κ2) is 8.11. The summed E-state index contributed by atoms with van der Waals surface area (Å²) in [5, 5.41) is 24.7. The number of benzene rings is 2. The molecule has 0 fully saturated rings. The summed E-state index contributed by atoms with van der Waals surface area (Å²) in [6, 6.07) is 8.27. The Labute approximate surface area is 150 Å². The van der Waals surface area contributed by atoms with E-state index >= 15 is 0 Å². The van der Waals surface area contributed by atoms with E-state index < -0.39 is 16.4 Å². The largest absolute Gasteiger partial charge is 0.502 e. The highest BCUT2D eigenvalue weighted by atomic mass is 16.6. The maximum atomic E-state index is 12.0. The SMILES string of the molecule is COc1cc(/C=N/NC(=O)Cc2ccc(C)cc2C)c(O)c([N+](=O)[O-])c1. The van der Waals surface area contributed by atoms with Crippen LogP contribution in [0.2, 0.25) is 0 Å². The minimum absolute atomic E-state index is 0.0582. The topological polar surface area (TPSA) is 114 Å². The van der Waals surface area contributed by atoms with E-state index in [-0.39, 0.29) is 23.6 Å². The molecule has 1 amide bonds. The summed E-state index contributed by atoms with van der Waals surface area (Å²) in [6.07, 6.45) is 1.28. The molecule has 0 aliphatic heterocycles. The van der Waals surface area contributed by atoms with Crippen LogP contribution in [0.3, 0.4) is 0 Å². The number of carbonyl (C=O) groups excluding carboxylic acids is 1. The van der Waals surface area contributed by atoms with Crippen LogP contribution in [0.5, 0.6) is 11.5 Å². The molecule has 8 heteroatoms. The average Bonchev–Trinajstić information content (AvgIpc) is 2.58. The number of hydrazone groups is 1. The Kier molecular flexibility index (Phi) is 5.90. The molecule has 0 saturated heterocycles. The molecular formula is C18H19N3O5. The van der Waals surface area contributed by atoms with Crippen LogP contribution in [0.1, 0.15) is 22.3 Å². The van der Waals surface area contributed by atoms with Crippen LogP contribution in [0.15, 0.2) is 35.4 Å². The average molecular weight is 357 g/mol. The van der Waals surface area contributed by atoms with E-state index in [2.05, 4.69) is 10.5 Å². The van der Waals surface area contributed by atoms with Gasteiger partial charge in [-0.3, -0.25) is 14.9 Å². The molecule has 26 heavy (non-hydrogen) atoms. The van der Waals surface area contributed by atoms with E-state index in [1.54, 1.807) is 0 Å². The van der Waals surface area contributed by atoms with Gasteiger partial charge in [0.1, 0.15) is 5.75 Å². The van der Waals surface area contributed by atoms with Crippen molar-refractivity contribution < 1.29 is 19.6 Å². The number of carbonyl (C=O) groups is 1. The van der Waals surface area contributed by atoms with Crippen molar-refractivity contribution in [3.05, 3.63) is 62.7 Å². The molecule has 8 nitrogen and oxygen atoms in total. The summed E-state index contributed by atoms with van der Waals surface area (Å²) in [5.41, 5.74) is 4.89. The van der Waals surface area contributed by atoms with Crippen LogP contribution in [-0.4, -0.2) is 29.3 Å². The van der Waals surface area contributed by atoms with Crippen LogP contribution in [0.4, 0.5) is 5.69 Å². The highest BCUT2D eigenvalue weighted by Crippen LogP contribution is 2.33. The Morgan fingerprint density at radius 3 is 2.69 bits per heavy atom. The third kappa shape index (κ3) is 4.56. The first kappa shape index (κ1) is 18.9. The number of aromatic hydroxyl groups is 1. The lowest BCUT2D eigenvalue weighted by molar-refractivity contribution is -0.385. The maximum Gasteiger partial charge on any atom is 0.315 e. The third-order valence-corrected chi connectivity index (χ3v) is 3.77. The predicted octanol–water partition coefficient (Wildman–Crippen LogP) is 2.62. The number of nitro benzene ring substituents is 1. The highest BCUT2D eigenvalue weighted by molar-refractivity contribution is 5.88. The smallest absolute Gasteiger partial charge is 0.315 e. The van der Waals surface area contributed by atoms with Crippen LogP contribution in [0, 0.1) is 24.0 Å². The van der Waals surface area contributed by atoms with Gasteiger partial charge in [-0.25, -0.2) is 5.43 Å². The van der Waals surface area contributed by atoms with Gasteiger partial charge in [0.05, 0.1) is 30.7 Å². The van der Waals surface area contributed by atoms with E-state index in [4.69, 9.17) is 4.74 Å². The molecule has 0 aromatic heterocycles. The van der Waals surface area contributed by atoms with Gasteiger partial charge < -0.3 is 9.84 Å². The molecule has 0 atom stereocenters. The van der Waals surface area contributed by atoms with Gasteiger partial charge in [-0.2, -0.15) is 5.10 Å². The predicted molar refractivity (Wildman–Crippen MR) is 96.7 cm³/mol. The number of nitro groups is 1. The molecule has 0 aliphatic rings. The fraction of sp³-hybridized carbons (Fsp3) is 0.222. The normalized spacial score (nSPS) is 10.7. The molecule has 2 aromatic rings. The van der Waals surface area contributed by atoms with E-state index in [1.807, 2.05) is 32.0 Å². The molecule has 0 radical (unpaired) electrons. The number of phenolic OH excluding ortho intramolecular Hbond substituents is 1. The molecule has 0 heterocycles. The van der Waals surface area contributed by atoms with Gasteiger partial charge in [0.25, 0.3) is 0 Å². The molecule has 0 bridgehead atoms. The lowest BCUT2D eigenvalue weighted by Gasteiger charge is -2.06. The number of aryl methyl sites for hydroxylation is 2. The number of hydrogen-bond donors (Lipinski definition) is 2. The Morgan fingerprint density at radius 2 is 2.08 bits per heavy atom. The van der Waals surface area contributed by atoms with Crippen molar-refractivity contribution in [3.8, 4) is 11.5 Å². The zero-order valence-corrected chi connectivity index (χ0v) is 14.6. The van der Waals surface area contributed by atoms with Crippen LogP contribution >= 0.6 is 0 Å². The highest BCUT2D eigenvalue weighted by Gasteiger charge is 2.18. The summed E-state index contributed by atoms with van der Waals surface area (Å²) in [6.45, 7) is 3.90. The monoisotopic (exact) mass is 357 g/mol. The molecule has 2 N–H and O–H groups in total. The maximum absolute atomic E-state index is 12.0. The number of amides is 1. The second-order valence-electron chi connectivity index (χ2n) is 5.74. The second-order valence-corrected chi connectivity index (χ2v) is 5.74. The number of nitrogens with zero attached hydrogens (tertiary/aromatic N) is 2. The first-order valence-corrected chi connectivity index (χ1v) is 7.75. The lowest BCUT2D eigenvalue weighted by Crippen LogP contribution is -2.20. The number of nitrogens with one attached hydrogen (secondary N) is 1. The number of hydrogen-bond acceptors (Lipinski definition) is 6. The first-order chi connectivity index (χ1) is 12.3. The van der Waals surface area contributed by atoms with E-state index in [0.29, 0.717) is 0 Å². The van der Waals surface area contributed by atoms with Crippen molar-refractivity contribution in [1.82, 2.24) is 5.43 Å². The Morgan fingerprint density at radius 1 is 1.35 bits per heavy atom. The van der Waals surface area contributed by atoms with Crippen molar-refractivity contribution in [3.63, 3.8) is 0 Å². The minimum atomic E-state index is -0.728. The molecule has 2 aromatic carbocycles.